The zero-order valence-electron chi connectivity index (χ0n) is 15.9. The smallest absolute Gasteiger partial charge is 0.261 e. The van der Waals surface area contributed by atoms with Crippen molar-refractivity contribution in [3.05, 3.63) is 28.8 Å². The van der Waals surface area contributed by atoms with Crippen LogP contribution in [0.1, 0.15) is 60.8 Å². The number of carbonyl (C=O) groups is 1. The van der Waals surface area contributed by atoms with Crippen molar-refractivity contribution in [1.29, 1.82) is 0 Å². The van der Waals surface area contributed by atoms with Gasteiger partial charge in [-0.25, -0.2) is 8.42 Å². The highest BCUT2D eigenvalue weighted by atomic mass is 32.2. The molecule has 2 aromatic rings. The largest absolute Gasteiger partial charge is 0.507 e. The molecule has 0 spiro atoms. The Morgan fingerprint density at radius 1 is 1.18 bits per heavy atom. The van der Waals surface area contributed by atoms with Crippen LogP contribution in [0.3, 0.4) is 0 Å². The van der Waals surface area contributed by atoms with Gasteiger partial charge in [0, 0.05) is 19.0 Å². The number of amides is 1. The summed E-state index contributed by atoms with van der Waals surface area (Å²) in [6.45, 7) is 4.87. The molecule has 8 nitrogen and oxygen atoms in total. The van der Waals surface area contributed by atoms with Crippen molar-refractivity contribution in [3.8, 4) is 5.75 Å². The molecular weight excluding hydrogens is 400 g/mol. The fourth-order valence-corrected chi connectivity index (χ4v) is 5.26. The SMILES string of the molecule is CC(C)c1nnc(NC(=O)c2cc(S(=O)(=O)N3CCCCCC3)ccc2O)s1. The van der Waals surface area contributed by atoms with Crippen LogP contribution < -0.4 is 5.32 Å². The Balaban J connectivity index is 1.84. The number of benzene rings is 1. The highest BCUT2D eigenvalue weighted by molar-refractivity contribution is 7.89. The van der Waals surface area contributed by atoms with Crippen LogP contribution in [-0.4, -0.2) is 47.0 Å². The summed E-state index contributed by atoms with van der Waals surface area (Å²) >= 11 is 1.24. The molecule has 1 saturated heterocycles. The molecule has 152 valence electrons. The maximum absolute atomic E-state index is 13.0. The minimum absolute atomic E-state index is 0.00233. The van der Waals surface area contributed by atoms with Crippen LogP contribution in [0.25, 0.3) is 0 Å². The molecule has 2 N–H and O–H groups in total. The number of nitrogens with one attached hydrogen (secondary N) is 1. The first-order valence-electron chi connectivity index (χ1n) is 9.27. The number of nitrogens with zero attached hydrogens (tertiary/aromatic N) is 3. The van der Waals surface area contributed by atoms with Gasteiger partial charge in [-0.1, -0.05) is 38.0 Å². The second-order valence-electron chi connectivity index (χ2n) is 7.05. The minimum atomic E-state index is -3.72. The third kappa shape index (κ3) is 4.50. The maximum atomic E-state index is 13.0. The molecule has 1 aromatic heterocycles. The average molecular weight is 425 g/mol. The molecule has 1 fully saturated rings. The van der Waals surface area contributed by atoms with Crippen LogP contribution >= 0.6 is 11.3 Å². The van der Waals surface area contributed by atoms with E-state index in [1.54, 1.807) is 0 Å². The lowest BCUT2D eigenvalue weighted by atomic mass is 10.2. The topological polar surface area (TPSA) is 112 Å². The molecule has 1 aliphatic rings. The summed E-state index contributed by atoms with van der Waals surface area (Å²) in [5.41, 5.74) is -0.114. The van der Waals surface area contributed by atoms with Gasteiger partial charge >= 0.3 is 0 Å². The summed E-state index contributed by atoms with van der Waals surface area (Å²) in [6, 6.07) is 3.78. The van der Waals surface area contributed by atoms with Crippen molar-refractivity contribution in [1.82, 2.24) is 14.5 Å². The molecule has 0 atom stereocenters. The first-order valence-corrected chi connectivity index (χ1v) is 11.5. The van der Waals surface area contributed by atoms with Gasteiger partial charge < -0.3 is 5.11 Å². The van der Waals surface area contributed by atoms with Crippen molar-refractivity contribution < 1.29 is 18.3 Å². The summed E-state index contributed by atoms with van der Waals surface area (Å²) in [4.78, 5) is 12.6. The van der Waals surface area contributed by atoms with E-state index in [1.807, 2.05) is 13.8 Å². The Labute approximate surface area is 168 Å². The normalized spacial score (nSPS) is 16.1. The molecule has 3 rings (SSSR count). The van der Waals surface area contributed by atoms with Crippen LogP contribution in [-0.2, 0) is 10.0 Å². The van der Waals surface area contributed by atoms with Gasteiger partial charge in [0.05, 0.1) is 10.5 Å². The summed E-state index contributed by atoms with van der Waals surface area (Å²) < 4.78 is 27.4. The van der Waals surface area contributed by atoms with Crippen molar-refractivity contribution >= 4 is 32.4 Å². The standard InChI is InChI=1S/C18H24N4O4S2/c1-12(2)17-20-21-18(27-17)19-16(24)14-11-13(7-8-15(14)23)28(25,26)22-9-5-3-4-6-10-22/h7-8,11-12,23H,3-6,9-10H2,1-2H3,(H,19,21,24). The van der Waals surface area contributed by atoms with Gasteiger partial charge in [-0.2, -0.15) is 4.31 Å². The van der Waals surface area contributed by atoms with Gasteiger partial charge in [0.25, 0.3) is 5.91 Å². The number of sulfonamides is 1. The Bertz CT molecular complexity index is 948. The molecule has 0 radical (unpaired) electrons. The summed E-state index contributed by atoms with van der Waals surface area (Å²) in [5, 5.41) is 21.7. The number of rotatable bonds is 5. The molecule has 1 aromatic carbocycles. The average Bonchev–Trinajstić information content (AvgIpc) is 2.94. The van der Waals surface area contributed by atoms with Crippen LogP contribution in [0.4, 0.5) is 5.13 Å². The van der Waals surface area contributed by atoms with Gasteiger partial charge in [0.1, 0.15) is 10.8 Å². The van der Waals surface area contributed by atoms with E-state index in [0.717, 1.165) is 30.7 Å². The van der Waals surface area contributed by atoms with Crippen LogP contribution in [0.15, 0.2) is 23.1 Å². The lowest BCUT2D eigenvalue weighted by Gasteiger charge is -2.20. The number of phenolic OH excluding ortho intramolecular Hbond substituents is 1. The van der Waals surface area contributed by atoms with Gasteiger partial charge in [-0.15, -0.1) is 10.2 Å². The lowest BCUT2D eigenvalue weighted by Crippen LogP contribution is -2.32. The highest BCUT2D eigenvalue weighted by Gasteiger charge is 2.27. The number of aromatic hydroxyl groups is 1. The second-order valence-corrected chi connectivity index (χ2v) is 10.00. The molecular formula is C18H24N4O4S2. The van der Waals surface area contributed by atoms with E-state index >= 15 is 0 Å². The quantitative estimate of drug-likeness (QED) is 0.762. The zero-order chi connectivity index (χ0) is 20.3. The molecule has 1 aliphatic heterocycles. The fourth-order valence-electron chi connectivity index (χ4n) is 2.97. The predicted octanol–water partition coefficient (Wildman–Crippen LogP) is 3.18. The zero-order valence-corrected chi connectivity index (χ0v) is 17.5. The van der Waals surface area contributed by atoms with E-state index in [2.05, 4.69) is 15.5 Å². The minimum Gasteiger partial charge on any atom is -0.507 e. The highest BCUT2D eigenvalue weighted by Crippen LogP contribution is 2.27. The number of anilines is 1. The van der Waals surface area contributed by atoms with Gasteiger partial charge in [-0.05, 0) is 31.0 Å². The van der Waals surface area contributed by atoms with E-state index < -0.39 is 15.9 Å². The van der Waals surface area contributed by atoms with Crippen LogP contribution in [0.2, 0.25) is 0 Å². The number of hydrogen-bond donors (Lipinski definition) is 2. The summed E-state index contributed by atoms with van der Waals surface area (Å²) in [6.07, 6.45) is 3.66. The molecule has 28 heavy (non-hydrogen) atoms. The van der Waals surface area contributed by atoms with E-state index in [4.69, 9.17) is 0 Å². The van der Waals surface area contributed by atoms with E-state index in [0.29, 0.717) is 18.2 Å². The number of carbonyl (C=O) groups excluding carboxylic acids is 1. The third-order valence-corrected chi connectivity index (χ3v) is 7.60. The van der Waals surface area contributed by atoms with Crippen LogP contribution in [0.5, 0.6) is 5.75 Å². The fraction of sp³-hybridized carbons (Fsp3) is 0.500. The number of phenols is 1. The van der Waals surface area contributed by atoms with Gasteiger partial charge in [0.15, 0.2) is 0 Å². The molecule has 0 saturated carbocycles. The van der Waals surface area contributed by atoms with Crippen molar-refractivity contribution in [2.75, 3.05) is 18.4 Å². The van der Waals surface area contributed by atoms with Crippen molar-refractivity contribution in [3.63, 3.8) is 0 Å². The lowest BCUT2D eigenvalue weighted by molar-refractivity contribution is 0.102. The van der Waals surface area contributed by atoms with Crippen LogP contribution in [0, 0.1) is 0 Å². The molecule has 0 unspecified atom stereocenters. The molecule has 1 amide bonds. The first kappa shape index (κ1) is 20.7. The Kier molecular flexibility index (Phi) is 6.31. The van der Waals surface area contributed by atoms with E-state index in [1.165, 1.54) is 33.8 Å². The second kappa shape index (κ2) is 8.54. The number of hydrogen-bond acceptors (Lipinski definition) is 7. The monoisotopic (exact) mass is 424 g/mol. The number of aromatic nitrogens is 2. The van der Waals surface area contributed by atoms with Crippen molar-refractivity contribution in [2.24, 2.45) is 0 Å². The maximum Gasteiger partial charge on any atom is 0.261 e. The Hall–Kier alpha value is -2.04. The Morgan fingerprint density at radius 2 is 1.86 bits per heavy atom. The summed E-state index contributed by atoms with van der Waals surface area (Å²) in [7, 11) is -3.72. The summed E-state index contributed by atoms with van der Waals surface area (Å²) in [5.74, 6) is -0.739. The molecule has 10 heteroatoms. The third-order valence-electron chi connectivity index (χ3n) is 4.57. The van der Waals surface area contributed by atoms with Crippen molar-refractivity contribution in [2.45, 2.75) is 50.3 Å². The molecule has 0 aliphatic carbocycles. The Morgan fingerprint density at radius 3 is 2.46 bits per heavy atom. The molecule has 0 bridgehead atoms. The van der Waals surface area contributed by atoms with E-state index in [-0.39, 0.29) is 22.1 Å². The van der Waals surface area contributed by atoms with Gasteiger partial charge in [0.2, 0.25) is 15.2 Å². The van der Waals surface area contributed by atoms with Gasteiger partial charge in [-0.3, -0.25) is 10.1 Å². The van der Waals surface area contributed by atoms with E-state index in [9.17, 15) is 18.3 Å². The first-order chi connectivity index (χ1) is 13.3. The predicted molar refractivity (Wildman–Crippen MR) is 107 cm³/mol. The molecule has 2 heterocycles.